The van der Waals surface area contributed by atoms with E-state index in [4.69, 9.17) is 4.74 Å². The van der Waals surface area contributed by atoms with Crippen LogP contribution in [0, 0.1) is 11.6 Å². The zero-order valence-corrected chi connectivity index (χ0v) is 18.6. The van der Waals surface area contributed by atoms with E-state index in [1.807, 2.05) is 47.6 Å². The number of benzene rings is 2. The van der Waals surface area contributed by atoms with E-state index in [1.165, 1.54) is 12.1 Å². The number of aromatic amines is 1. The normalized spacial score (nSPS) is 12.6. The number of imidazole rings is 1. The van der Waals surface area contributed by atoms with Crippen molar-refractivity contribution in [1.82, 2.24) is 20.0 Å². The number of nitrogens with zero attached hydrogens (tertiary/aromatic N) is 4. The molecular weight excluding hydrogens is 436 g/mol. The fraction of sp³-hybridized carbons (Fsp3) is 0.192. The van der Waals surface area contributed by atoms with Crippen molar-refractivity contribution in [3.05, 3.63) is 89.4 Å². The summed E-state index contributed by atoms with van der Waals surface area (Å²) in [5.74, 6) is -0.686. The lowest BCUT2D eigenvalue weighted by molar-refractivity contribution is 0.264. The van der Waals surface area contributed by atoms with Gasteiger partial charge < -0.3 is 9.72 Å². The number of H-pyrrole nitrogens is 1. The number of halogens is 2. The molecule has 34 heavy (non-hydrogen) atoms. The van der Waals surface area contributed by atoms with Gasteiger partial charge in [0.2, 0.25) is 0 Å². The van der Waals surface area contributed by atoms with Gasteiger partial charge in [-0.05, 0) is 54.4 Å². The van der Waals surface area contributed by atoms with Crippen LogP contribution in [0.4, 0.5) is 8.78 Å². The van der Waals surface area contributed by atoms with Gasteiger partial charge in [-0.2, -0.15) is 5.10 Å². The molecule has 0 radical (unpaired) electrons. The number of hydrogen-bond donors (Lipinski definition) is 1. The predicted octanol–water partition coefficient (Wildman–Crippen LogP) is 5.56. The van der Waals surface area contributed by atoms with E-state index in [2.05, 4.69) is 27.0 Å². The third-order valence-corrected chi connectivity index (χ3v) is 5.51. The average molecular weight is 460 g/mol. The van der Waals surface area contributed by atoms with Gasteiger partial charge in [0.25, 0.3) is 0 Å². The molecule has 6 nitrogen and oxygen atoms in total. The van der Waals surface area contributed by atoms with Crippen LogP contribution in [0.2, 0.25) is 0 Å². The lowest BCUT2D eigenvalue weighted by Gasteiger charge is -2.21. The second-order valence-corrected chi connectivity index (χ2v) is 8.04. The molecule has 4 aromatic rings. The SMILES string of the molecule is CCCOc1ccc(-c2ccc(CN3Cc4[nH]c(-c5cccc(F)c5F)nc4C=N3)cn2)cc1. The molecule has 0 saturated heterocycles. The summed E-state index contributed by atoms with van der Waals surface area (Å²) >= 11 is 0. The summed E-state index contributed by atoms with van der Waals surface area (Å²) in [5.41, 5.74) is 4.41. The van der Waals surface area contributed by atoms with Crippen LogP contribution in [-0.2, 0) is 13.1 Å². The Kier molecular flexibility index (Phi) is 6.03. The topological polar surface area (TPSA) is 66.4 Å². The highest BCUT2D eigenvalue weighted by Gasteiger charge is 2.20. The Bertz CT molecular complexity index is 1320. The van der Waals surface area contributed by atoms with Crippen molar-refractivity contribution in [2.24, 2.45) is 5.10 Å². The van der Waals surface area contributed by atoms with Crippen molar-refractivity contribution in [1.29, 1.82) is 0 Å². The molecule has 2 aromatic carbocycles. The molecule has 5 rings (SSSR count). The number of rotatable bonds is 7. The summed E-state index contributed by atoms with van der Waals surface area (Å²) in [7, 11) is 0. The van der Waals surface area contributed by atoms with E-state index in [9.17, 15) is 8.78 Å². The van der Waals surface area contributed by atoms with Crippen LogP contribution in [0.15, 0.2) is 65.9 Å². The first kappa shape index (κ1) is 21.8. The number of hydrogen-bond acceptors (Lipinski definition) is 5. The van der Waals surface area contributed by atoms with Crippen molar-refractivity contribution in [3.63, 3.8) is 0 Å². The van der Waals surface area contributed by atoms with Crippen LogP contribution in [0.5, 0.6) is 5.75 Å². The van der Waals surface area contributed by atoms with Gasteiger partial charge >= 0.3 is 0 Å². The van der Waals surface area contributed by atoms with Crippen molar-refractivity contribution < 1.29 is 13.5 Å². The largest absolute Gasteiger partial charge is 0.494 e. The number of aromatic nitrogens is 3. The van der Waals surface area contributed by atoms with Gasteiger partial charge in [-0.3, -0.25) is 9.99 Å². The van der Waals surface area contributed by atoms with E-state index < -0.39 is 11.6 Å². The number of nitrogens with one attached hydrogen (secondary N) is 1. The van der Waals surface area contributed by atoms with Gasteiger partial charge in [-0.15, -0.1) is 0 Å². The van der Waals surface area contributed by atoms with Crippen molar-refractivity contribution >= 4 is 6.21 Å². The summed E-state index contributed by atoms with van der Waals surface area (Å²) in [5, 5.41) is 6.31. The van der Waals surface area contributed by atoms with E-state index >= 15 is 0 Å². The number of fused-ring (bicyclic) bond motifs is 1. The molecule has 1 N–H and O–H groups in total. The highest BCUT2D eigenvalue weighted by molar-refractivity contribution is 5.80. The Morgan fingerprint density at radius 2 is 1.91 bits per heavy atom. The van der Waals surface area contributed by atoms with E-state index in [-0.39, 0.29) is 11.4 Å². The Morgan fingerprint density at radius 3 is 2.68 bits per heavy atom. The summed E-state index contributed by atoms with van der Waals surface area (Å²) in [6.07, 6.45) is 4.43. The molecule has 0 saturated carbocycles. The maximum Gasteiger partial charge on any atom is 0.169 e. The summed E-state index contributed by atoms with van der Waals surface area (Å²) in [4.78, 5) is 12.1. The molecule has 0 unspecified atom stereocenters. The standard InChI is InChI=1S/C26H23F2N5O/c1-2-12-34-19-9-7-18(8-10-19)22-11-6-17(13-29-22)15-33-16-24-23(14-30-33)31-26(32-24)20-4-3-5-21(27)25(20)28/h3-11,13-14H,2,12,15-16H2,1H3,(H,31,32). The summed E-state index contributed by atoms with van der Waals surface area (Å²) in [6.45, 7) is 3.80. The molecule has 0 bridgehead atoms. The predicted molar refractivity (Wildman–Crippen MR) is 126 cm³/mol. The zero-order chi connectivity index (χ0) is 23.5. The van der Waals surface area contributed by atoms with Gasteiger partial charge in [0, 0.05) is 11.8 Å². The molecule has 3 heterocycles. The highest BCUT2D eigenvalue weighted by atomic mass is 19.2. The molecule has 1 aliphatic rings. The van der Waals surface area contributed by atoms with Crippen molar-refractivity contribution in [2.45, 2.75) is 26.4 Å². The Morgan fingerprint density at radius 1 is 1.06 bits per heavy atom. The minimum atomic E-state index is -0.920. The van der Waals surface area contributed by atoms with Gasteiger partial charge in [0.15, 0.2) is 11.6 Å². The van der Waals surface area contributed by atoms with E-state index in [0.717, 1.165) is 40.8 Å². The van der Waals surface area contributed by atoms with E-state index in [0.29, 0.717) is 25.4 Å². The molecular formula is C26H23F2N5O. The van der Waals surface area contributed by atoms with E-state index in [1.54, 1.807) is 6.21 Å². The lowest BCUT2D eigenvalue weighted by atomic mass is 10.1. The van der Waals surface area contributed by atoms with Crippen LogP contribution in [0.25, 0.3) is 22.6 Å². The molecule has 0 amide bonds. The van der Waals surface area contributed by atoms with Crippen LogP contribution in [0.1, 0.15) is 30.3 Å². The first-order valence-corrected chi connectivity index (χ1v) is 11.1. The quantitative estimate of drug-likeness (QED) is 0.393. The molecule has 0 atom stereocenters. The Labute approximate surface area is 196 Å². The lowest BCUT2D eigenvalue weighted by Crippen LogP contribution is -2.21. The van der Waals surface area contributed by atoms with Crippen LogP contribution >= 0.6 is 0 Å². The van der Waals surface area contributed by atoms with Crippen LogP contribution in [-0.4, -0.2) is 32.8 Å². The van der Waals surface area contributed by atoms with Gasteiger partial charge in [-0.25, -0.2) is 13.8 Å². The zero-order valence-electron chi connectivity index (χ0n) is 18.6. The summed E-state index contributed by atoms with van der Waals surface area (Å²) in [6, 6.07) is 16.0. The highest BCUT2D eigenvalue weighted by Crippen LogP contribution is 2.26. The number of pyridine rings is 1. The Hall–Kier alpha value is -4.07. The Balaban J connectivity index is 1.25. The van der Waals surface area contributed by atoms with Crippen LogP contribution in [0.3, 0.4) is 0 Å². The maximum atomic E-state index is 14.1. The van der Waals surface area contributed by atoms with Gasteiger partial charge in [0.05, 0.1) is 42.9 Å². The number of ether oxygens (including phenoxy) is 1. The minimum absolute atomic E-state index is 0.0964. The fourth-order valence-corrected chi connectivity index (χ4v) is 3.76. The second kappa shape index (κ2) is 9.43. The molecule has 2 aromatic heterocycles. The fourth-order valence-electron chi connectivity index (χ4n) is 3.76. The number of hydrazone groups is 1. The monoisotopic (exact) mass is 459 g/mol. The molecule has 0 spiro atoms. The smallest absolute Gasteiger partial charge is 0.169 e. The van der Waals surface area contributed by atoms with Gasteiger partial charge in [0.1, 0.15) is 17.3 Å². The van der Waals surface area contributed by atoms with Crippen molar-refractivity contribution in [2.75, 3.05) is 6.61 Å². The minimum Gasteiger partial charge on any atom is -0.494 e. The molecule has 0 fully saturated rings. The maximum absolute atomic E-state index is 14.1. The van der Waals surface area contributed by atoms with Gasteiger partial charge in [-0.1, -0.05) is 19.1 Å². The second-order valence-electron chi connectivity index (χ2n) is 8.04. The third-order valence-electron chi connectivity index (χ3n) is 5.51. The molecule has 0 aliphatic carbocycles. The summed E-state index contributed by atoms with van der Waals surface area (Å²) < 4.78 is 33.4. The molecule has 1 aliphatic heterocycles. The molecule has 172 valence electrons. The first-order chi connectivity index (χ1) is 16.6. The molecule has 8 heteroatoms. The average Bonchev–Trinajstić information content (AvgIpc) is 3.28. The third kappa shape index (κ3) is 4.52. The van der Waals surface area contributed by atoms with Crippen molar-refractivity contribution in [3.8, 4) is 28.4 Å². The first-order valence-electron chi connectivity index (χ1n) is 11.1. The van der Waals surface area contributed by atoms with Crippen LogP contribution < -0.4 is 4.74 Å².